The van der Waals surface area contributed by atoms with Gasteiger partial charge in [0, 0.05) is 30.0 Å². The molecule has 0 radical (unpaired) electrons. The quantitative estimate of drug-likeness (QED) is 0.160. The number of hydrogen-bond acceptors (Lipinski definition) is 6. The number of anilines is 1. The normalized spacial score (nSPS) is 11.9. The lowest BCUT2D eigenvalue weighted by molar-refractivity contribution is -0.140. The molecule has 0 aliphatic rings. The van der Waals surface area contributed by atoms with Crippen LogP contribution in [0.5, 0.6) is 11.5 Å². The molecular formula is C36H40BrN3O6S. The zero-order valence-electron chi connectivity index (χ0n) is 26.9. The summed E-state index contributed by atoms with van der Waals surface area (Å²) >= 11 is 3.46. The van der Waals surface area contributed by atoms with E-state index in [1.165, 1.54) is 37.3 Å². The Kier molecular flexibility index (Phi) is 12.4. The molecule has 0 aliphatic carbocycles. The molecule has 0 bridgehead atoms. The van der Waals surface area contributed by atoms with Crippen LogP contribution in [-0.4, -0.2) is 58.5 Å². The fraction of sp³-hybridized carbons (Fsp3) is 0.278. The third-order valence-corrected chi connectivity index (χ3v) is 9.79. The van der Waals surface area contributed by atoms with E-state index < -0.39 is 28.5 Å². The van der Waals surface area contributed by atoms with Gasteiger partial charge in [0.1, 0.15) is 24.1 Å². The van der Waals surface area contributed by atoms with Gasteiger partial charge in [-0.3, -0.25) is 13.9 Å². The number of ether oxygens (including phenoxy) is 2. The third kappa shape index (κ3) is 9.36. The predicted octanol–water partition coefficient (Wildman–Crippen LogP) is 6.07. The predicted molar refractivity (Wildman–Crippen MR) is 187 cm³/mol. The van der Waals surface area contributed by atoms with E-state index in [9.17, 15) is 18.0 Å². The Bertz CT molecular complexity index is 1740. The molecule has 4 rings (SSSR count). The summed E-state index contributed by atoms with van der Waals surface area (Å²) in [4.78, 5) is 30.0. The summed E-state index contributed by atoms with van der Waals surface area (Å²) in [6.45, 7) is 3.85. The number of nitrogens with one attached hydrogen (secondary N) is 1. The van der Waals surface area contributed by atoms with E-state index in [4.69, 9.17) is 9.47 Å². The summed E-state index contributed by atoms with van der Waals surface area (Å²) in [6, 6.07) is 28.6. The summed E-state index contributed by atoms with van der Waals surface area (Å²) in [5, 5.41) is 3.00. The maximum atomic E-state index is 14.7. The second kappa shape index (κ2) is 16.5. The van der Waals surface area contributed by atoms with Gasteiger partial charge in [0.2, 0.25) is 11.8 Å². The van der Waals surface area contributed by atoms with Crippen LogP contribution in [0.25, 0.3) is 0 Å². The minimum absolute atomic E-state index is 0.00681. The van der Waals surface area contributed by atoms with Crippen LogP contribution in [0.2, 0.25) is 0 Å². The fourth-order valence-corrected chi connectivity index (χ4v) is 6.69. The van der Waals surface area contributed by atoms with E-state index in [1.54, 1.807) is 30.3 Å². The number of methoxy groups -OCH3 is 2. The van der Waals surface area contributed by atoms with Gasteiger partial charge in [-0.25, -0.2) is 8.42 Å². The van der Waals surface area contributed by atoms with E-state index in [2.05, 4.69) is 21.2 Å². The zero-order chi connectivity index (χ0) is 34.0. The molecule has 11 heteroatoms. The van der Waals surface area contributed by atoms with E-state index in [1.807, 2.05) is 68.4 Å². The minimum atomic E-state index is -4.30. The van der Waals surface area contributed by atoms with Gasteiger partial charge in [-0.1, -0.05) is 90.4 Å². The monoisotopic (exact) mass is 721 g/mol. The molecule has 0 saturated heterocycles. The number of hydrogen-bond donors (Lipinski definition) is 1. The maximum absolute atomic E-state index is 14.7. The van der Waals surface area contributed by atoms with Gasteiger partial charge in [-0.2, -0.15) is 0 Å². The van der Waals surface area contributed by atoms with Gasteiger partial charge < -0.3 is 19.7 Å². The second-order valence-corrected chi connectivity index (χ2v) is 14.1. The minimum Gasteiger partial charge on any atom is -0.497 e. The second-order valence-electron chi connectivity index (χ2n) is 11.4. The first-order valence-electron chi connectivity index (χ1n) is 15.2. The van der Waals surface area contributed by atoms with Crippen LogP contribution in [0, 0.1) is 5.92 Å². The number of benzene rings is 4. The Morgan fingerprint density at radius 1 is 0.830 bits per heavy atom. The van der Waals surface area contributed by atoms with Crippen LogP contribution in [0.3, 0.4) is 0 Å². The summed E-state index contributed by atoms with van der Waals surface area (Å²) in [5.41, 5.74) is 1.75. The van der Waals surface area contributed by atoms with Gasteiger partial charge in [0.15, 0.2) is 0 Å². The number of rotatable bonds is 15. The van der Waals surface area contributed by atoms with Crippen molar-refractivity contribution in [1.29, 1.82) is 0 Å². The van der Waals surface area contributed by atoms with Crippen molar-refractivity contribution in [3.05, 3.63) is 119 Å². The average molecular weight is 723 g/mol. The topological polar surface area (TPSA) is 105 Å². The van der Waals surface area contributed by atoms with E-state index in [0.717, 1.165) is 19.9 Å². The van der Waals surface area contributed by atoms with Crippen LogP contribution in [0.15, 0.2) is 112 Å². The molecule has 0 aromatic heterocycles. The highest BCUT2D eigenvalue weighted by molar-refractivity contribution is 9.10. The number of nitrogens with zero attached hydrogens (tertiary/aromatic N) is 2. The van der Waals surface area contributed by atoms with Gasteiger partial charge in [0.05, 0.1) is 24.8 Å². The van der Waals surface area contributed by atoms with Crippen LogP contribution >= 0.6 is 15.9 Å². The highest BCUT2D eigenvalue weighted by Crippen LogP contribution is 2.36. The van der Waals surface area contributed by atoms with Crippen LogP contribution in [-0.2, 0) is 32.6 Å². The molecule has 0 spiro atoms. The van der Waals surface area contributed by atoms with E-state index in [-0.39, 0.29) is 41.1 Å². The van der Waals surface area contributed by atoms with Crippen molar-refractivity contribution in [3.63, 3.8) is 0 Å². The highest BCUT2D eigenvalue weighted by atomic mass is 79.9. The molecule has 1 unspecified atom stereocenters. The molecule has 0 saturated carbocycles. The van der Waals surface area contributed by atoms with E-state index >= 15 is 0 Å². The largest absolute Gasteiger partial charge is 0.497 e. The number of carbonyl (C=O) groups excluding carboxylic acids is 2. The number of sulfonamides is 1. The molecule has 1 atom stereocenters. The van der Waals surface area contributed by atoms with Crippen molar-refractivity contribution in [2.75, 3.05) is 31.6 Å². The third-order valence-electron chi connectivity index (χ3n) is 7.49. The summed E-state index contributed by atoms with van der Waals surface area (Å²) in [5.74, 6) is -0.113. The standard InChI is InChI=1S/C36H40BrN3O6S/c1-26(2)23-38-36(42)33(21-27-11-7-5-8-12-27)39(24-28-15-17-29(37)18-16-28)35(41)25-40(47(43,44)31-13-9-6-10-14-31)32-22-30(45-3)19-20-34(32)46-4/h5-20,22,26,33H,21,23-25H2,1-4H3,(H,38,42). The molecule has 1 N–H and O–H groups in total. The molecular weight excluding hydrogens is 682 g/mol. The first-order valence-corrected chi connectivity index (χ1v) is 17.4. The Morgan fingerprint density at radius 2 is 1.47 bits per heavy atom. The number of halogens is 1. The average Bonchev–Trinajstić information content (AvgIpc) is 3.08. The van der Waals surface area contributed by atoms with Gasteiger partial charge in [0.25, 0.3) is 10.0 Å². The van der Waals surface area contributed by atoms with Crippen molar-refractivity contribution in [2.24, 2.45) is 5.92 Å². The zero-order valence-corrected chi connectivity index (χ0v) is 29.3. The molecule has 2 amide bonds. The smallest absolute Gasteiger partial charge is 0.264 e. The molecule has 0 heterocycles. The summed E-state index contributed by atoms with van der Waals surface area (Å²) in [6.07, 6.45) is 0.223. The molecule has 0 aliphatic heterocycles. The summed E-state index contributed by atoms with van der Waals surface area (Å²) in [7, 11) is -1.41. The lowest BCUT2D eigenvalue weighted by atomic mass is 10.0. The molecule has 4 aromatic carbocycles. The molecule has 248 valence electrons. The van der Waals surface area contributed by atoms with Gasteiger partial charge in [-0.15, -0.1) is 0 Å². The maximum Gasteiger partial charge on any atom is 0.264 e. The van der Waals surface area contributed by atoms with Gasteiger partial charge >= 0.3 is 0 Å². The highest BCUT2D eigenvalue weighted by Gasteiger charge is 2.35. The Morgan fingerprint density at radius 3 is 2.06 bits per heavy atom. The molecule has 0 fully saturated rings. The fourth-order valence-electron chi connectivity index (χ4n) is 4.99. The van der Waals surface area contributed by atoms with Crippen molar-refractivity contribution >= 4 is 43.5 Å². The Labute approximate surface area is 285 Å². The Hall–Kier alpha value is -4.35. The van der Waals surface area contributed by atoms with Gasteiger partial charge in [-0.05, 0) is 53.4 Å². The van der Waals surface area contributed by atoms with Crippen molar-refractivity contribution < 1.29 is 27.5 Å². The van der Waals surface area contributed by atoms with Crippen molar-refractivity contribution in [3.8, 4) is 11.5 Å². The van der Waals surface area contributed by atoms with Crippen LogP contribution in [0.1, 0.15) is 25.0 Å². The van der Waals surface area contributed by atoms with Crippen LogP contribution in [0.4, 0.5) is 5.69 Å². The van der Waals surface area contributed by atoms with E-state index in [0.29, 0.717) is 12.3 Å². The van der Waals surface area contributed by atoms with Crippen molar-refractivity contribution in [1.82, 2.24) is 10.2 Å². The number of amides is 2. The SMILES string of the molecule is COc1ccc(OC)c(N(CC(=O)N(Cc2ccc(Br)cc2)C(Cc2ccccc2)C(=O)NCC(C)C)S(=O)(=O)c2ccccc2)c1. The summed E-state index contributed by atoms with van der Waals surface area (Å²) < 4.78 is 41.5. The lowest BCUT2D eigenvalue weighted by Crippen LogP contribution is -2.53. The Balaban J connectivity index is 1.85. The van der Waals surface area contributed by atoms with Crippen LogP contribution < -0.4 is 19.1 Å². The molecule has 9 nitrogen and oxygen atoms in total. The first-order chi connectivity index (χ1) is 22.5. The lowest BCUT2D eigenvalue weighted by Gasteiger charge is -2.34. The number of carbonyl (C=O) groups is 2. The molecule has 47 heavy (non-hydrogen) atoms. The molecule has 4 aromatic rings. The first kappa shape index (κ1) is 35.5. The van der Waals surface area contributed by atoms with Crippen molar-refractivity contribution in [2.45, 2.75) is 37.8 Å².